The van der Waals surface area contributed by atoms with Crippen LogP contribution in [-0.4, -0.2) is 41.5 Å². The third-order valence-electron chi connectivity index (χ3n) is 3.25. The molecule has 0 saturated carbocycles. The number of amides is 1. The van der Waals surface area contributed by atoms with Crippen LogP contribution in [0.5, 0.6) is 0 Å². The quantitative estimate of drug-likeness (QED) is 0.910. The molecule has 0 aliphatic carbocycles. The topological polar surface area (TPSA) is 58.4 Å². The molecule has 1 aliphatic heterocycles. The summed E-state index contributed by atoms with van der Waals surface area (Å²) in [5, 5.41) is 5.91. The normalized spacial score (nSPS) is 19.6. The summed E-state index contributed by atoms with van der Waals surface area (Å²) in [7, 11) is 0. The van der Waals surface area contributed by atoms with Crippen LogP contribution in [0.4, 0.5) is 0 Å². The molecule has 3 rings (SSSR count). The number of hydrogen-bond acceptors (Lipinski definition) is 5. The molecule has 2 aromatic heterocycles. The van der Waals surface area contributed by atoms with Crippen molar-refractivity contribution < 1.29 is 9.21 Å². The first kappa shape index (κ1) is 12.4. The molecule has 1 N–H and O–H groups in total. The fourth-order valence-corrected chi connectivity index (χ4v) is 2.96. The molecule has 5 nitrogen and oxygen atoms in total. The minimum atomic E-state index is 0.0139. The first-order valence-corrected chi connectivity index (χ1v) is 7.13. The highest BCUT2D eigenvalue weighted by molar-refractivity contribution is 7.13. The third-order valence-corrected chi connectivity index (χ3v) is 4.14. The van der Waals surface area contributed by atoms with E-state index in [0.717, 1.165) is 30.2 Å². The summed E-state index contributed by atoms with van der Waals surface area (Å²) in [5.74, 6) is 0.0139. The van der Waals surface area contributed by atoms with Gasteiger partial charge in [0.05, 0.1) is 6.26 Å². The summed E-state index contributed by atoms with van der Waals surface area (Å²) in [5.41, 5.74) is 1.44. The van der Waals surface area contributed by atoms with Crippen molar-refractivity contribution in [2.24, 2.45) is 0 Å². The van der Waals surface area contributed by atoms with E-state index in [1.165, 1.54) is 11.3 Å². The summed E-state index contributed by atoms with van der Waals surface area (Å²) in [6.07, 6.45) is 3.25. The van der Waals surface area contributed by atoms with Crippen LogP contribution >= 0.6 is 11.3 Å². The highest BCUT2D eigenvalue weighted by atomic mass is 32.1. The Labute approximate surface area is 115 Å². The van der Waals surface area contributed by atoms with Gasteiger partial charge >= 0.3 is 0 Å². The number of thiazole rings is 1. The van der Waals surface area contributed by atoms with Gasteiger partial charge in [-0.25, -0.2) is 4.98 Å². The van der Waals surface area contributed by atoms with Crippen LogP contribution in [0.15, 0.2) is 28.4 Å². The molecular weight excluding hydrogens is 262 g/mol. The van der Waals surface area contributed by atoms with Gasteiger partial charge in [-0.3, -0.25) is 4.79 Å². The van der Waals surface area contributed by atoms with Gasteiger partial charge in [0.15, 0.2) is 0 Å². The third kappa shape index (κ3) is 2.41. The van der Waals surface area contributed by atoms with Gasteiger partial charge in [-0.15, -0.1) is 11.3 Å². The minimum absolute atomic E-state index is 0.0139. The second kappa shape index (κ2) is 5.14. The van der Waals surface area contributed by atoms with Crippen molar-refractivity contribution >= 4 is 17.2 Å². The number of aromatic nitrogens is 1. The second-order valence-electron chi connectivity index (χ2n) is 4.60. The van der Waals surface area contributed by atoms with Crippen molar-refractivity contribution in [3.8, 4) is 10.6 Å². The summed E-state index contributed by atoms with van der Waals surface area (Å²) in [4.78, 5) is 18.7. The van der Waals surface area contributed by atoms with Crippen LogP contribution in [0.25, 0.3) is 10.6 Å². The molecule has 0 bridgehead atoms. The smallest absolute Gasteiger partial charge is 0.273 e. The maximum atomic E-state index is 12.4. The van der Waals surface area contributed by atoms with E-state index >= 15 is 0 Å². The highest BCUT2D eigenvalue weighted by Gasteiger charge is 2.25. The van der Waals surface area contributed by atoms with E-state index in [1.54, 1.807) is 12.5 Å². The molecule has 19 heavy (non-hydrogen) atoms. The number of carbonyl (C=O) groups excluding carboxylic acids is 1. The Morgan fingerprint density at radius 3 is 3.26 bits per heavy atom. The van der Waals surface area contributed by atoms with Crippen molar-refractivity contribution in [1.82, 2.24) is 15.2 Å². The van der Waals surface area contributed by atoms with Crippen molar-refractivity contribution in [3.63, 3.8) is 0 Å². The van der Waals surface area contributed by atoms with Crippen LogP contribution in [-0.2, 0) is 0 Å². The molecule has 0 unspecified atom stereocenters. The Morgan fingerprint density at radius 2 is 2.53 bits per heavy atom. The highest BCUT2D eigenvalue weighted by Crippen LogP contribution is 2.24. The van der Waals surface area contributed by atoms with Gasteiger partial charge < -0.3 is 14.6 Å². The van der Waals surface area contributed by atoms with E-state index in [-0.39, 0.29) is 11.9 Å². The summed E-state index contributed by atoms with van der Waals surface area (Å²) in [6.45, 7) is 4.46. The number of hydrogen-bond donors (Lipinski definition) is 1. The van der Waals surface area contributed by atoms with Crippen LogP contribution in [0.1, 0.15) is 17.4 Å². The lowest BCUT2D eigenvalue weighted by Gasteiger charge is -2.33. The zero-order valence-electron chi connectivity index (χ0n) is 10.6. The number of nitrogens with zero attached hydrogens (tertiary/aromatic N) is 2. The second-order valence-corrected chi connectivity index (χ2v) is 5.46. The Kier molecular flexibility index (Phi) is 3.35. The van der Waals surface area contributed by atoms with E-state index in [4.69, 9.17) is 4.42 Å². The Balaban J connectivity index is 1.80. The zero-order chi connectivity index (χ0) is 13.2. The number of furan rings is 1. The van der Waals surface area contributed by atoms with E-state index < -0.39 is 0 Å². The molecule has 6 heteroatoms. The number of piperazine rings is 1. The van der Waals surface area contributed by atoms with E-state index in [9.17, 15) is 4.79 Å². The molecule has 1 amide bonds. The largest absolute Gasteiger partial charge is 0.472 e. The molecule has 1 atom stereocenters. The molecule has 1 aliphatic rings. The molecule has 0 aromatic carbocycles. The van der Waals surface area contributed by atoms with Gasteiger partial charge in [0.25, 0.3) is 5.91 Å². The molecule has 1 fully saturated rings. The van der Waals surface area contributed by atoms with Crippen molar-refractivity contribution in [3.05, 3.63) is 29.7 Å². The average molecular weight is 277 g/mol. The van der Waals surface area contributed by atoms with E-state index in [0.29, 0.717) is 5.69 Å². The van der Waals surface area contributed by atoms with Gasteiger partial charge in [-0.2, -0.15) is 0 Å². The maximum Gasteiger partial charge on any atom is 0.273 e. The number of rotatable bonds is 2. The molecule has 0 spiro atoms. The number of nitrogens with one attached hydrogen (secondary N) is 1. The van der Waals surface area contributed by atoms with Crippen molar-refractivity contribution in [1.29, 1.82) is 0 Å². The lowest BCUT2D eigenvalue weighted by Crippen LogP contribution is -2.52. The van der Waals surface area contributed by atoms with Crippen LogP contribution in [0.2, 0.25) is 0 Å². The molecule has 2 aromatic rings. The van der Waals surface area contributed by atoms with Crippen LogP contribution in [0.3, 0.4) is 0 Å². The van der Waals surface area contributed by atoms with Crippen LogP contribution < -0.4 is 5.32 Å². The van der Waals surface area contributed by atoms with Crippen LogP contribution in [0, 0.1) is 0 Å². The molecule has 100 valence electrons. The van der Waals surface area contributed by atoms with Gasteiger partial charge in [-0.1, -0.05) is 0 Å². The Morgan fingerprint density at radius 1 is 1.63 bits per heavy atom. The van der Waals surface area contributed by atoms with Crippen molar-refractivity contribution in [2.45, 2.75) is 13.0 Å². The standard InChI is InChI=1S/C13H15N3O2S/c1-9-6-14-3-4-16(9)13(17)11-8-19-12(15-11)10-2-5-18-7-10/h2,5,7-9,14H,3-4,6H2,1H3/t9-/m0/s1. The molecule has 3 heterocycles. The molecule has 0 radical (unpaired) electrons. The fourth-order valence-electron chi connectivity index (χ4n) is 2.18. The summed E-state index contributed by atoms with van der Waals surface area (Å²) < 4.78 is 5.04. The summed E-state index contributed by atoms with van der Waals surface area (Å²) in [6, 6.07) is 2.06. The van der Waals surface area contributed by atoms with E-state index in [2.05, 4.69) is 10.3 Å². The van der Waals surface area contributed by atoms with Gasteiger partial charge in [0.2, 0.25) is 0 Å². The van der Waals surface area contributed by atoms with E-state index in [1.807, 2.05) is 23.3 Å². The zero-order valence-corrected chi connectivity index (χ0v) is 11.4. The predicted octanol–water partition coefficient (Wildman–Crippen LogP) is 1.84. The molecule has 1 saturated heterocycles. The first-order valence-electron chi connectivity index (χ1n) is 6.25. The van der Waals surface area contributed by atoms with Crippen molar-refractivity contribution in [2.75, 3.05) is 19.6 Å². The monoisotopic (exact) mass is 277 g/mol. The lowest BCUT2D eigenvalue weighted by molar-refractivity contribution is 0.0650. The number of carbonyl (C=O) groups is 1. The Hall–Kier alpha value is -1.66. The van der Waals surface area contributed by atoms with Gasteiger partial charge in [0, 0.05) is 36.6 Å². The average Bonchev–Trinajstić information content (AvgIpc) is 3.09. The predicted molar refractivity (Wildman–Crippen MR) is 73.2 cm³/mol. The minimum Gasteiger partial charge on any atom is -0.472 e. The van der Waals surface area contributed by atoms with Gasteiger partial charge in [0.1, 0.15) is 17.0 Å². The maximum absolute atomic E-state index is 12.4. The first-order chi connectivity index (χ1) is 9.25. The Bertz CT molecular complexity index is 564. The fraction of sp³-hybridized carbons (Fsp3) is 0.385. The van der Waals surface area contributed by atoms with Gasteiger partial charge in [-0.05, 0) is 13.0 Å². The molecular formula is C13H15N3O2S. The SMILES string of the molecule is C[C@H]1CNCCN1C(=O)c1csc(-c2ccoc2)n1. The lowest BCUT2D eigenvalue weighted by atomic mass is 10.2. The summed E-state index contributed by atoms with van der Waals surface area (Å²) >= 11 is 1.47.